The lowest BCUT2D eigenvalue weighted by molar-refractivity contribution is 0.0887. The molecule has 1 aliphatic heterocycles. The number of nitrogens with zero attached hydrogens (tertiary/aromatic N) is 2. The minimum atomic E-state index is -0.218. The van der Waals surface area contributed by atoms with Crippen LogP contribution in [-0.4, -0.2) is 50.1 Å². The summed E-state index contributed by atoms with van der Waals surface area (Å²) in [5, 5.41) is 5.27. The fourth-order valence-corrected chi connectivity index (χ4v) is 5.27. The Labute approximate surface area is 192 Å². The number of rotatable bonds is 7. The van der Waals surface area contributed by atoms with E-state index in [0.29, 0.717) is 11.3 Å². The highest BCUT2D eigenvalue weighted by Crippen LogP contribution is 2.31. The second kappa shape index (κ2) is 10.1. The molecule has 0 radical (unpaired) electrons. The van der Waals surface area contributed by atoms with Crippen molar-refractivity contribution in [3.8, 4) is 5.75 Å². The number of halogens is 1. The Morgan fingerprint density at radius 3 is 2.41 bits per heavy atom. The number of hydrogen-bond donors (Lipinski definition) is 1. The van der Waals surface area contributed by atoms with Crippen LogP contribution in [0.2, 0.25) is 0 Å². The summed E-state index contributed by atoms with van der Waals surface area (Å²) in [5.74, 6) is 0.212. The molecule has 0 aliphatic carbocycles. The van der Waals surface area contributed by atoms with E-state index in [9.17, 15) is 9.18 Å². The molecule has 0 spiro atoms. The van der Waals surface area contributed by atoms with Crippen molar-refractivity contribution in [3.63, 3.8) is 0 Å². The van der Waals surface area contributed by atoms with E-state index >= 15 is 0 Å². The number of hydrogen-bond acceptors (Lipinski definition) is 5. The smallest absolute Gasteiger partial charge is 0.255 e. The van der Waals surface area contributed by atoms with E-state index in [0.717, 1.165) is 31.9 Å². The maximum atomic E-state index is 13.3. The highest BCUT2D eigenvalue weighted by atomic mass is 32.1. The van der Waals surface area contributed by atoms with Crippen LogP contribution in [0.3, 0.4) is 0 Å². The predicted octanol–water partition coefficient (Wildman–Crippen LogP) is 4.58. The number of amides is 1. The molecule has 2 atom stereocenters. The van der Waals surface area contributed by atoms with Gasteiger partial charge in [-0.2, -0.15) is 0 Å². The van der Waals surface area contributed by atoms with Crippen molar-refractivity contribution in [2.45, 2.75) is 19.0 Å². The van der Waals surface area contributed by atoms with Crippen molar-refractivity contribution < 1.29 is 13.9 Å². The summed E-state index contributed by atoms with van der Waals surface area (Å²) < 4.78 is 18.6. The number of nitrogens with one attached hydrogen (secondary N) is 1. The number of para-hydroxylation sites is 1. The van der Waals surface area contributed by atoms with Gasteiger partial charge in [0.15, 0.2) is 0 Å². The Balaban J connectivity index is 1.47. The van der Waals surface area contributed by atoms with Gasteiger partial charge in [0.2, 0.25) is 0 Å². The summed E-state index contributed by atoms with van der Waals surface area (Å²) in [7, 11) is 1.57. The second-order valence-electron chi connectivity index (χ2n) is 7.92. The van der Waals surface area contributed by atoms with Gasteiger partial charge >= 0.3 is 0 Å². The summed E-state index contributed by atoms with van der Waals surface area (Å²) in [4.78, 5) is 18.9. The van der Waals surface area contributed by atoms with Crippen LogP contribution in [0.25, 0.3) is 0 Å². The van der Waals surface area contributed by atoms with Gasteiger partial charge < -0.3 is 15.0 Å². The first-order valence-corrected chi connectivity index (χ1v) is 11.7. The van der Waals surface area contributed by atoms with Crippen LogP contribution < -0.4 is 15.0 Å². The summed E-state index contributed by atoms with van der Waals surface area (Å²) in [6.07, 6.45) is 0. The molecule has 5 nitrogen and oxygen atoms in total. The molecule has 4 rings (SSSR count). The maximum Gasteiger partial charge on any atom is 0.255 e. The van der Waals surface area contributed by atoms with Gasteiger partial charge in [0.25, 0.3) is 5.91 Å². The quantitative estimate of drug-likeness (QED) is 0.569. The molecule has 3 aromatic rings. The van der Waals surface area contributed by atoms with Gasteiger partial charge in [-0.1, -0.05) is 18.2 Å². The summed E-state index contributed by atoms with van der Waals surface area (Å²) in [6.45, 7) is 5.47. The fraction of sp³-hybridized carbons (Fsp3) is 0.320. The molecule has 168 valence electrons. The fourth-order valence-electron chi connectivity index (χ4n) is 4.31. The molecule has 2 heterocycles. The molecule has 1 aromatic heterocycles. The average molecular weight is 454 g/mol. The molecule has 2 aromatic carbocycles. The monoisotopic (exact) mass is 453 g/mol. The number of carbonyl (C=O) groups excluding carboxylic acids is 1. The number of anilines is 1. The molecule has 1 saturated heterocycles. The number of benzene rings is 2. The van der Waals surface area contributed by atoms with Crippen LogP contribution >= 0.6 is 11.3 Å². The summed E-state index contributed by atoms with van der Waals surface area (Å²) >= 11 is 1.71. The van der Waals surface area contributed by atoms with E-state index in [1.54, 1.807) is 30.6 Å². The second-order valence-corrected chi connectivity index (χ2v) is 8.90. The first-order valence-electron chi connectivity index (χ1n) is 10.8. The van der Waals surface area contributed by atoms with Gasteiger partial charge in [-0.25, -0.2) is 4.39 Å². The normalized spacial score (nSPS) is 16.4. The van der Waals surface area contributed by atoms with Crippen LogP contribution in [0, 0.1) is 5.82 Å². The van der Waals surface area contributed by atoms with Gasteiger partial charge in [0.05, 0.1) is 18.7 Å². The SMILES string of the molecule is COc1ccccc1C(=O)NC(C)C(c1cccs1)N1CCN(c2ccc(F)cc2)CC1. The van der Waals surface area contributed by atoms with Crippen LogP contribution in [-0.2, 0) is 0 Å². The summed E-state index contributed by atoms with van der Waals surface area (Å²) in [5.41, 5.74) is 1.57. The zero-order chi connectivity index (χ0) is 22.5. The molecule has 1 N–H and O–H groups in total. The van der Waals surface area contributed by atoms with Gasteiger partial charge in [-0.15, -0.1) is 11.3 Å². The van der Waals surface area contributed by atoms with E-state index in [1.165, 1.54) is 17.0 Å². The Kier molecular flexibility index (Phi) is 7.07. The van der Waals surface area contributed by atoms with Crippen molar-refractivity contribution in [1.82, 2.24) is 10.2 Å². The van der Waals surface area contributed by atoms with Crippen molar-refractivity contribution in [2.24, 2.45) is 0 Å². The number of carbonyl (C=O) groups is 1. The first-order chi connectivity index (χ1) is 15.6. The molecular weight excluding hydrogens is 425 g/mol. The van der Waals surface area contributed by atoms with Crippen molar-refractivity contribution in [1.29, 1.82) is 0 Å². The lowest BCUT2D eigenvalue weighted by atomic mass is 10.0. The van der Waals surface area contributed by atoms with Gasteiger partial charge in [0, 0.05) is 42.8 Å². The molecule has 7 heteroatoms. The third kappa shape index (κ3) is 4.95. The largest absolute Gasteiger partial charge is 0.496 e. The Morgan fingerprint density at radius 1 is 1.03 bits per heavy atom. The average Bonchev–Trinajstić information content (AvgIpc) is 3.34. The Morgan fingerprint density at radius 2 is 1.75 bits per heavy atom. The standard InChI is InChI=1S/C25H28FN3O2S/c1-18(27-25(30)21-6-3-4-7-22(21)31-2)24(23-8-5-17-32-23)29-15-13-28(14-16-29)20-11-9-19(26)10-12-20/h3-12,17-18,24H,13-16H2,1-2H3,(H,27,30). The number of methoxy groups -OCH3 is 1. The van der Waals surface area contributed by atoms with Gasteiger partial charge in [0.1, 0.15) is 11.6 Å². The number of ether oxygens (including phenoxy) is 1. The maximum absolute atomic E-state index is 13.3. The minimum Gasteiger partial charge on any atom is -0.496 e. The zero-order valence-electron chi connectivity index (χ0n) is 18.3. The van der Waals surface area contributed by atoms with Crippen molar-refractivity contribution in [2.75, 3.05) is 38.2 Å². The van der Waals surface area contributed by atoms with E-state index in [4.69, 9.17) is 4.74 Å². The Hall–Kier alpha value is -2.90. The molecule has 1 amide bonds. The highest BCUT2D eigenvalue weighted by Gasteiger charge is 2.31. The van der Waals surface area contributed by atoms with Crippen LogP contribution in [0.4, 0.5) is 10.1 Å². The van der Waals surface area contributed by atoms with Crippen LogP contribution in [0.1, 0.15) is 28.2 Å². The third-order valence-corrected chi connectivity index (χ3v) is 6.86. The molecule has 32 heavy (non-hydrogen) atoms. The van der Waals surface area contributed by atoms with Crippen molar-refractivity contribution in [3.05, 3.63) is 82.3 Å². The van der Waals surface area contributed by atoms with Gasteiger partial charge in [-0.3, -0.25) is 9.69 Å². The number of piperazine rings is 1. The van der Waals surface area contributed by atoms with Crippen molar-refractivity contribution >= 4 is 22.9 Å². The van der Waals surface area contributed by atoms with E-state index in [1.807, 2.05) is 24.3 Å². The molecule has 2 unspecified atom stereocenters. The topological polar surface area (TPSA) is 44.8 Å². The third-order valence-electron chi connectivity index (χ3n) is 5.92. The zero-order valence-corrected chi connectivity index (χ0v) is 19.1. The molecule has 1 aliphatic rings. The minimum absolute atomic E-state index is 0.0732. The molecular formula is C25H28FN3O2S. The number of thiophene rings is 1. The van der Waals surface area contributed by atoms with E-state index in [2.05, 4.69) is 39.6 Å². The van der Waals surface area contributed by atoms with Gasteiger partial charge in [-0.05, 0) is 54.8 Å². The van der Waals surface area contributed by atoms with Crippen LogP contribution in [0.5, 0.6) is 5.75 Å². The van der Waals surface area contributed by atoms with E-state index < -0.39 is 0 Å². The lowest BCUT2D eigenvalue weighted by Gasteiger charge is -2.42. The molecule has 0 saturated carbocycles. The lowest BCUT2D eigenvalue weighted by Crippen LogP contribution is -2.52. The predicted molar refractivity (Wildman–Crippen MR) is 127 cm³/mol. The van der Waals surface area contributed by atoms with E-state index in [-0.39, 0.29) is 23.8 Å². The molecule has 0 bridgehead atoms. The molecule has 1 fully saturated rings. The Bertz CT molecular complexity index is 1020. The summed E-state index contributed by atoms with van der Waals surface area (Å²) in [6, 6.07) is 18.1. The van der Waals surface area contributed by atoms with Crippen LogP contribution in [0.15, 0.2) is 66.0 Å². The highest BCUT2D eigenvalue weighted by molar-refractivity contribution is 7.10. The first kappa shape index (κ1) is 22.3.